The number of nitrogens with one attached hydrogen (secondary N) is 1. The topological polar surface area (TPSA) is 63.3 Å². The number of nitrogens with zero attached hydrogens (tertiary/aromatic N) is 2. The summed E-state index contributed by atoms with van der Waals surface area (Å²) in [5.41, 5.74) is 1.04. The number of morpholine rings is 1. The quantitative estimate of drug-likeness (QED) is 0.666. The number of carbonyl (C=O) groups excluding carboxylic acids is 1. The molecule has 0 unspecified atom stereocenters. The van der Waals surface area contributed by atoms with Crippen LogP contribution in [0.1, 0.15) is 44.1 Å². The van der Waals surface area contributed by atoms with Crippen LogP contribution in [-0.2, 0) is 11.3 Å². The molecule has 0 bridgehead atoms. The first kappa shape index (κ1) is 22.7. The molecule has 0 radical (unpaired) electrons. The van der Waals surface area contributed by atoms with Gasteiger partial charge in [0.1, 0.15) is 0 Å². The van der Waals surface area contributed by atoms with Gasteiger partial charge in [-0.2, -0.15) is 0 Å². The van der Waals surface area contributed by atoms with E-state index in [1.54, 1.807) is 14.2 Å². The summed E-state index contributed by atoms with van der Waals surface area (Å²) in [4.78, 5) is 17.5. The van der Waals surface area contributed by atoms with Crippen LogP contribution in [0.2, 0.25) is 0 Å². The Morgan fingerprint density at radius 3 is 2.57 bits per heavy atom. The molecule has 0 aromatic heterocycles. The summed E-state index contributed by atoms with van der Waals surface area (Å²) in [6, 6.07) is 6.21. The second-order valence-corrected chi connectivity index (χ2v) is 8.20. The minimum atomic E-state index is 0.0404. The summed E-state index contributed by atoms with van der Waals surface area (Å²) < 4.78 is 16.2. The van der Waals surface area contributed by atoms with E-state index in [1.165, 1.54) is 19.3 Å². The second-order valence-electron chi connectivity index (χ2n) is 8.20. The molecule has 0 atom stereocenters. The molecule has 1 aromatic rings. The normalized spacial score (nSPS) is 18.1. The van der Waals surface area contributed by atoms with Gasteiger partial charge in [-0.05, 0) is 37.0 Å². The summed E-state index contributed by atoms with van der Waals surface area (Å²) in [6.07, 6.45) is 6.81. The van der Waals surface area contributed by atoms with E-state index in [9.17, 15) is 4.79 Å². The Hall–Kier alpha value is -1.99. The van der Waals surface area contributed by atoms with Gasteiger partial charge >= 0.3 is 6.03 Å². The van der Waals surface area contributed by atoms with E-state index >= 15 is 0 Å². The Balaban J connectivity index is 1.62. The Labute approximate surface area is 180 Å². The van der Waals surface area contributed by atoms with Crippen LogP contribution in [0.4, 0.5) is 4.79 Å². The van der Waals surface area contributed by atoms with E-state index in [0.717, 1.165) is 64.2 Å². The zero-order chi connectivity index (χ0) is 21.2. The third-order valence-corrected chi connectivity index (χ3v) is 6.05. The van der Waals surface area contributed by atoms with Gasteiger partial charge in [-0.1, -0.05) is 25.3 Å². The summed E-state index contributed by atoms with van der Waals surface area (Å²) in [5, 5.41) is 3.28. The van der Waals surface area contributed by atoms with E-state index in [-0.39, 0.29) is 6.03 Å². The Morgan fingerprint density at radius 2 is 1.87 bits per heavy atom. The molecule has 2 aliphatic rings. The Bertz CT molecular complexity index is 658. The first-order chi connectivity index (χ1) is 14.7. The third-order valence-electron chi connectivity index (χ3n) is 6.05. The molecule has 2 amide bonds. The minimum absolute atomic E-state index is 0.0404. The van der Waals surface area contributed by atoms with E-state index < -0.39 is 0 Å². The van der Waals surface area contributed by atoms with Gasteiger partial charge in [0.2, 0.25) is 0 Å². The fourth-order valence-electron chi connectivity index (χ4n) is 4.27. The van der Waals surface area contributed by atoms with Crippen molar-refractivity contribution in [2.24, 2.45) is 0 Å². The number of benzene rings is 1. The lowest BCUT2D eigenvalue weighted by molar-refractivity contribution is 0.0364. The van der Waals surface area contributed by atoms with Crippen LogP contribution in [0.15, 0.2) is 18.2 Å². The molecule has 1 saturated heterocycles. The number of amides is 2. The van der Waals surface area contributed by atoms with Crippen molar-refractivity contribution in [2.45, 2.75) is 51.1 Å². The molecule has 7 nitrogen and oxygen atoms in total. The van der Waals surface area contributed by atoms with Crippen molar-refractivity contribution >= 4 is 6.03 Å². The van der Waals surface area contributed by atoms with Crippen molar-refractivity contribution in [3.8, 4) is 11.5 Å². The van der Waals surface area contributed by atoms with Gasteiger partial charge in [-0.25, -0.2) is 4.79 Å². The summed E-state index contributed by atoms with van der Waals surface area (Å²) >= 11 is 0. The van der Waals surface area contributed by atoms with Crippen LogP contribution >= 0.6 is 0 Å². The van der Waals surface area contributed by atoms with Gasteiger partial charge in [0.05, 0.1) is 27.4 Å². The smallest absolute Gasteiger partial charge is 0.317 e. The van der Waals surface area contributed by atoms with Crippen molar-refractivity contribution in [3.05, 3.63) is 23.8 Å². The fraction of sp³-hybridized carbons (Fsp3) is 0.696. The number of carbonyl (C=O) groups is 1. The monoisotopic (exact) mass is 419 g/mol. The molecule has 2 fully saturated rings. The predicted octanol–water partition coefficient (Wildman–Crippen LogP) is 3.27. The number of hydrogen-bond acceptors (Lipinski definition) is 5. The average molecular weight is 420 g/mol. The van der Waals surface area contributed by atoms with E-state index in [1.807, 2.05) is 23.1 Å². The van der Waals surface area contributed by atoms with Crippen molar-refractivity contribution < 1.29 is 19.0 Å². The molecule has 168 valence electrons. The number of ether oxygens (including phenoxy) is 3. The summed E-state index contributed by atoms with van der Waals surface area (Å²) in [6.45, 7) is 5.83. The molecule has 1 aliphatic heterocycles. The lowest BCUT2D eigenvalue weighted by atomic mass is 9.96. The number of rotatable bonds is 9. The number of hydrogen-bond donors (Lipinski definition) is 1. The Kier molecular flexibility index (Phi) is 9.08. The minimum Gasteiger partial charge on any atom is -0.493 e. The lowest BCUT2D eigenvalue weighted by Crippen LogP contribution is -2.46. The van der Waals surface area contributed by atoms with Crippen molar-refractivity contribution in [1.82, 2.24) is 15.1 Å². The van der Waals surface area contributed by atoms with E-state index in [4.69, 9.17) is 14.2 Å². The molecule has 1 aliphatic carbocycles. The molecule has 1 N–H and O–H groups in total. The maximum absolute atomic E-state index is 13.1. The zero-order valence-electron chi connectivity index (χ0n) is 18.5. The highest BCUT2D eigenvalue weighted by Crippen LogP contribution is 2.28. The largest absolute Gasteiger partial charge is 0.493 e. The second kappa shape index (κ2) is 12.0. The van der Waals surface area contributed by atoms with E-state index in [0.29, 0.717) is 24.1 Å². The zero-order valence-corrected chi connectivity index (χ0v) is 18.5. The molecule has 1 aromatic carbocycles. The molecular formula is C23H37N3O4. The van der Waals surface area contributed by atoms with Crippen LogP contribution in [-0.4, -0.2) is 75.5 Å². The molecule has 30 heavy (non-hydrogen) atoms. The van der Waals surface area contributed by atoms with Crippen molar-refractivity contribution in [2.75, 3.05) is 53.6 Å². The van der Waals surface area contributed by atoms with Crippen LogP contribution in [0.25, 0.3) is 0 Å². The molecule has 3 rings (SSSR count). The van der Waals surface area contributed by atoms with Gasteiger partial charge < -0.3 is 24.4 Å². The highest BCUT2D eigenvalue weighted by atomic mass is 16.5. The van der Waals surface area contributed by atoms with E-state index in [2.05, 4.69) is 10.2 Å². The SMILES string of the molecule is COc1ccc(CN(CCCN2CCOCC2)C(=O)NC2CCCCC2)cc1OC. The first-order valence-electron chi connectivity index (χ1n) is 11.3. The van der Waals surface area contributed by atoms with Crippen LogP contribution in [0.5, 0.6) is 11.5 Å². The Morgan fingerprint density at radius 1 is 1.13 bits per heavy atom. The van der Waals surface area contributed by atoms with Crippen LogP contribution in [0.3, 0.4) is 0 Å². The highest BCUT2D eigenvalue weighted by Gasteiger charge is 2.21. The molecular weight excluding hydrogens is 382 g/mol. The predicted molar refractivity (Wildman–Crippen MR) is 117 cm³/mol. The van der Waals surface area contributed by atoms with Gasteiger partial charge in [-0.15, -0.1) is 0 Å². The molecule has 1 saturated carbocycles. The van der Waals surface area contributed by atoms with Crippen molar-refractivity contribution in [3.63, 3.8) is 0 Å². The van der Waals surface area contributed by atoms with Crippen molar-refractivity contribution in [1.29, 1.82) is 0 Å². The number of methoxy groups -OCH3 is 2. The third kappa shape index (κ3) is 6.77. The maximum atomic E-state index is 13.1. The summed E-state index contributed by atoms with van der Waals surface area (Å²) in [5.74, 6) is 1.39. The molecule has 1 heterocycles. The lowest BCUT2D eigenvalue weighted by Gasteiger charge is -2.30. The first-order valence-corrected chi connectivity index (χ1v) is 11.3. The van der Waals surface area contributed by atoms with Gasteiger partial charge in [0.25, 0.3) is 0 Å². The molecule has 0 spiro atoms. The van der Waals surface area contributed by atoms with Gasteiger partial charge in [0.15, 0.2) is 11.5 Å². The molecule has 7 heteroatoms. The van der Waals surface area contributed by atoms with Gasteiger partial charge in [0, 0.05) is 38.8 Å². The van der Waals surface area contributed by atoms with Crippen LogP contribution in [0, 0.1) is 0 Å². The number of urea groups is 1. The summed E-state index contributed by atoms with van der Waals surface area (Å²) in [7, 11) is 3.27. The highest BCUT2D eigenvalue weighted by molar-refractivity contribution is 5.74. The fourth-order valence-corrected chi connectivity index (χ4v) is 4.27. The van der Waals surface area contributed by atoms with Crippen LogP contribution < -0.4 is 14.8 Å². The maximum Gasteiger partial charge on any atom is 0.317 e. The van der Waals surface area contributed by atoms with Gasteiger partial charge in [-0.3, -0.25) is 4.90 Å². The average Bonchev–Trinajstić information content (AvgIpc) is 2.79. The standard InChI is InChI=1S/C23H37N3O4/c1-28-21-10-9-19(17-22(21)29-2)18-26(12-6-11-25-13-15-30-16-14-25)23(27)24-20-7-4-3-5-8-20/h9-10,17,20H,3-8,11-16,18H2,1-2H3,(H,24,27).